The summed E-state index contributed by atoms with van der Waals surface area (Å²) in [6.07, 6.45) is -3.08. The Hall–Kier alpha value is -2.29. The fraction of sp³-hybridized carbons (Fsp3) is 0.429. The number of anilines is 1. The van der Waals surface area contributed by atoms with E-state index in [1.807, 2.05) is 0 Å². The number of alkyl halides is 3. The van der Waals surface area contributed by atoms with Crippen LogP contribution in [-0.4, -0.2) is 29.7 Å². The molecule has 128 valence electrons. The smallest absolute Gasteiger partial charge is 0.416 e. The third-order valence-corrected chi connectivity index (χ3v) is 3.02. The van der Waals surface area contributed by atoms with E-state index in [1.54, 1.807) is 0 Å². The van der Waals surface area contributed by atoms with Crippen LogP contribution in [0.15, 0.2) is 24.3 Å². The van der Waals surface area contributed by atoms with Gasteiger partial charge in [0.1, 0.15) is 6.04 Å². The van der Waals surface area contributed by atoms with Crippen LogP contribution in [0.25, 0.3) is 0 Å². The molecule has 0 bridgehead atoms. The number of hydrogen-bond acceptors (Lipinski definition) is 3. The molecule has 0 spiro atoms. The van der Waals surface area contributed by atoms with Gasteiger partial charge in [0, 0.05) is 5.69 Å². The molecule has 9 heteroatoms. The van der Waals surface area contributed by atoms with E-state index in [-0.39, 0.29) is 12.1 Å². The zero-order chi connectivity index (χ0) is 17.5. The molecular weight excluding hydrogens is 315 g/mol. The van der Waals surface area contributed by atoms with Crippen LogP contribution in [0.4, 0.5) is 23.7 Å². The molecule has 1 rings (SSSR count). The summed E-state index contributed by atoms with van der Waals surface area (Å²) in [5.41, 5.74) is 4.60. The van der Waals surface area contributed by atoms with Crippen molar-refractivity contribution in [2.24, 2.45) is 5.73 Å². The fourth-order valence-corrected chi connectivity index (χ4v) is 1.82. The second kappa shape index (κ2) is 8.37. The highest BCUT2D eigenvalue weighted by molar-refractivity contribution is 5.92. The molecule has 2 amide bonds. The molecule has 1 aromatic rings. The van der Waals surface area contributed by atoms with Gasteiger partial charge >= 0.3 is 18.2 Å². The molecule has 0 aliphatic carbocycles. The average molecular weight is 333 g/mol. The van der Waals surface area contributed by atoms with Crippen molar-refractivity contribution in [3.05, 3.63) is 29.8 Å². The monoisotopic (exact) mass is 333 g/mol. The molecule has 6 nitrogen and oxygen atoms in total. The summed E-state index contributed by atoms with van der Waals surface area (Å²) in [4.78, 5) is 22.7. The first kappa shape index (κ1) is 18.8. The summed E-state index contributed by atoms with van der Waals surface area (Å²) in [5.74, 6) is -1.19. The number of hydrogen-bond donors (Lipinski definition) is 4. The zero-order valence-corrected chi connectivity index (χ0v) is 12.2. The lowest BCUT2D eigenvalue weighted by molar-refractivity contribution is -0.139. The predicted octanol–water partition coefficient (Wildman–Crippen LogP) is 2.41. The maximum absolute atomic E-state index is 12.4. The molecule has 0 saturated carbocycles. The van der Waals surface area contributed by atoms with E-state index in [0.29, 0.717) is 19.4 Å². The predicted molar refractivity (Wildman–Crippen MR) is 77.9 cm³/mol. The highest BCUT2D eigenvalue weighted by atomic mass is 19.4. The second-order valence-corrected chi connectivity index (χ2v) is 4.85. The molecule has 0 aliphatic rings. The van der Waals surface area contributed by atoms with Crippen LogP contribution < -0.4 is 16.4 Å². The minimum atomic E-state index is -4.46. The SMILES string of the molecule is NCCCC[C@H](NC(=O)Nc1ccc(C(F)(F)F)cc1)C(=O)O. The van der Waals surface area contributed by atoms with Crippen molar-refractivity contribution in [3.63, 3.8) is 0 Å². The Bertz CT molecular complexity index is 532. The van der Waals surface area contributed by atoms with Gasteiger partial charge in [-0.05, 0) is 50.1 Å². The Balaban J connectivity index is 2.58. The van der Waals surface area contributed by atoms with Gasteiger partial charge in [0.25, 0.3) is 0 Å². The van der Waals surface area contributed by atoms with Gasteiger partial charge in [0.15, 0.2) is 0 Å². The zero-order valence-electron chi connectivity index (χ0n) is 12.2. The van der Waals surface area contributed by atoms with Gasteiger partial charge in [-0.25, -0.2) is 9.59 Å². The number of carbonyl (C=O) groups is 2. The summed E-state index contributed by atoms with van der Waals surface area (Å²) in [6.45, 7) is 0.421. The van der Waals surface area contributed by atoms with Gasteiger partial charge in [-0.2, -0.15) is 13.2 Å². The highest BCUT2D eigenvalue weighted by Crippen LogP contribution is 2.29. The maximum atomic E-state index is 12.4. The van der Waals surface area contributed by atoms with E-state index >= 15 is 0 Å². The van der Waals surface area contributed by atoms with Crippen LogP contribution in [0.2, 0.25) is 0 Å². The normalized spacial score (nSPS) is 12.5. The Morgan fingerprint density at radius 3 is 2.26 bits per heavy atom. The first-order valence-electron chi connectivity index (χ1n) is 6.91. The number of nitrogens with one attached hydrogen (secondary N) is 2. The number of carboxylic acid groups (broad SMARTS) is 1. The van der Waals surface area contributed by atoms with Crippen LogP contribution in [-0.2, 0) is 11.0 Å². The Labute approximate surface area is 130 Å². The van der Waals surface area contributed by atoms with E-state index < -0.39 is 29.8 Å². The number of urea groups is 1. The standard InChI is InChI=1S/C14H18F3N3O3/c15-14(16,17)9-4-6-10(7-5-9)19-13(23)20-11(12(21)22)3-1-2-8-18/h4-7,11H,1-3,8,18H2,(H,21,22)(H2,19,20,23)/t11-/m0/s1. The Morgan fingerprint density at radius 2 is 1.78 bits per heavy atom. The van der Waals surface area contributed by atoms with Crippen LogP contribution in [0.5, 0.6) is 0 Å². The third kappa shape index (κ3) is 6.55. The first-order valence-corrected chi connectivity index (χ1v) is 6.91. The average Bonchev–Trinajstić information content (AvgIpc) is 2.45. The summed E-state index contributed by atoms with van der Waals surface area (Å²) in [5, 5.41) is 13.6. The second-order valence-electron chi connectivity index (χ2n) is 4.85. The molecule has 0 aliphatic heterocycles. The molecule has 0 radical (unpaired) electrons. The van der Waals surface area contributed by atoms with E-state index in [1.165, 1.54) is 0 Å². The largest absolute Gasteiger partial charge is 0.480 e. The summed E-state index contributed by atoms with van der Waals surface area (Å²) < 4.78 is 37.3. The molecule has 0 saturated heterocycles. The van der Waals surface area contributed by atoms with Crippen molar-refractivity contribution in [2.75, 3.05) is 11.9 Å². The van der Waals surface area contributed by atoms with E-state index in [9.17, 15) is 22.8 Å². The van der Waals surface area contributed by atoms with Crippen LogP contribution in [0.1, 0.15) is 24.8 Å². The lowest BCUT2D eigenvalue weighted by atomic mass is 10.1. The van der Waals surface area contributed by atoms with Crippen LogP contribution in [0.3, 0.4) is 0 Å². The van der Waals surface area contributed by atoms with E-state index in [0.717, 1.165) is 24.3 Å². The topological polar surface area (TPSA) is 104 Å². The highest BCUT2D eigenvalue weighted by Gasteiger charge is 2.30. The molecule has 1 atom stereocenters. The van der Waals surface area contributed by atoms with Gasteiger partial charge in [-0.3, -0.25) is 0 Å². The summed E-state index contributed by atoms with van der Waals surface area (Å²) >= 11 is 0. The number of benzene rings is 1. The lowest BCUT2D eigenvalue weighted by Crippen LogP contribution is -2.43. The van der Waals surface area contributed by atoms with Gasteiger partial charge in [-0.15, -0.1) is 0 Å². The minimum Gasteiger partial charge on any atom is -0.480 e. The number of unbranched alkanes of at least 4 members (excludes halogenated alkanes) is 1. The molecule has 23 heavy (non-hydrogen) atoms. The molecule has 0 unspecified atom stereocenters. The molecule has 5 N–H and O–H groups in total. The summed E-state index contributed by atoms with van der Waals surface area (Å²) in [7, 11) is 0. The number of carboxylic acids is 1. The van der Waals surface area contributed by atoms with Crippen LogP contribution >= 0.6 is 0 Å². The van der Waals surface area contributed by atoms with Crippen molar-refractivity contribution in [2.45, 2.75) is 31.5 Å². The number of rotatable bonds is 7. The van der Waals surface area contributed by atoms with E-state index in [4.69, 9.17) is 10.8 Å². The van der Waals surface area contributed by atoms with Crippen molar-refractivity contribution in [1.82, 2.24) is 5.32 Å². The van der Waals surface area contributed by atoms with Crippen molar-refractivity contribution in [1.29, 1.82) is 0 Å². The van der Waals surface area contributed by atoms with Gasteiger partial charge in [0.2, 0.25) is 0 Å². The lowest BCUT2D eigenvalue weighted by Gasteiger charge is -2.15. The minimum absolute atomic E-state index is 0.126. The number of amides is 2. The van der Waals surface area contributed by atoms with Gasteiger partial charge in [-0.1, -0.05) is 0 Å². The first-order chi connectivity index (χ1) is 10.7. The molecule has 1 aromatic carbocycles. The molecular formula is C14H18F3N3O3. The fourth-order valence-electron chi connectivity index (χ4n) is 1.82. The number of carbonyl (C=O) groups excluding carboxylic acids is 1. The van der Waals surface area contributed by atoms with Crippen molar-refractivity contribution < 1.29 is 27.9 Å². The summed E-state index contributed by atoms with van der Waals surface area (Å²) in [6, 6.07) is 1.94. The number of aliphatic carboxylic acids is 1. The maximum Gasteiger partial charge on any atom is 0.416 e. The van der Waals surface area contributed by atoms with Gasteiger partial charge in [0.05, 0.1) is 5.56 Å². The quantitative estimate of drug-likeness (QED) is 0.575. The Morgan fingerprint density at radius 1 is 1.17 bits per heavy atom. The molecule has 0 aromatic heterocycles. The van der Waals surface area contributed by atoms with Crippen molar-refractivity contribution in [3.8, 4) is 0 Å². The van der Waals surface area contributed by atoms with Crippen molar-refractivity contribution >= 4 is 17.7 Å². The van der Waals surface area contributed by atoms with E-state index in [2.05, 4.69) is 10.6 Å². The molecule has 0 fully saturated rings. The van der Waals surface area contributed by atoms with Crippen LogP contribution in [0, 0.1) is 0 Å². The number of nitrogens with two attached hydrogens (primary N) is 1. The van der Waals surface area contributed by atoms with Gasteiger partial charge < -0.3 is 21.5 Å². The Kier molecular flexibility index (Phi) is 6.83. The third-order valence-electron chi connectivity index (χ3n) is 3.02. The number of halogens is 3. The molecule has 0 heterocycles.